The van der Waals surface area contributed by atoms with E-state index in [0.717, 1.165) is 5.56 Å². The maximum atomic E-state index is 13.0. The molecule has 0 spiro atoms. The summed E-state index contributed by atoms with van der Waals surface area (Å²) in [6.45, 7) is 1.72. The highest BCUT2D eigenvalue weighted by atomic mass is 35.5. The maximum Gasteiger partial charge on any atom is 0.343 e. The van der Waals surface area contributed by atoms with Crippen LogP contribution in [0.3, 0.4) is 0 Å². The highest BCUT2D eigenvalue weighted by Gasteiger charge is 2.15. The van der Waals surface area contributed by atoms with Crippen molar-refractivity contribution < 1.29 is 13.9 Å². The zero-order chi connectivity index (χ0) is 20.5. The van der Waals surface area contributed by atoms with E-state index in [9.17, 15) is 9.59 Å². The van der Waals surface area contributed by atoms with Gasteiger partial charge in [0.2, 0.25) is 5.43 Å². The van der Waals surface area contributed by atoms with Crippen molar-refractivity contribution in [3.05, 3.63) is 98.3 Å². The fourth-order valence-corrected chi connectivity index (χ4v) is 3.30. The van der Waals surface area contributed by atoms with Crippen LogP contribution < -0.4 is 10.2 Å². The summed E-state index contributed by atoms with van der Waals surface area (Å²) in [6, 6.07) is 18.0. The average molecular weight is 425 g/mol. The number of esters is 1. The van der Waals surface area contributed by atoms with Crippen molar-refractivity contribution in [2.45, 2.75) is 6.92 Å². The molecular weight excluding hydrogens is 411 g/mol. The molecule has 144 valence electrons. The van der Waals surface area contributed by atoms with Crippen molar-refractivity contribution in [3.63, 3.8) is 0 Å². The lowest BCUT2D eigenvalue weighted by molar-refractivity contribution is 0.0735. The minimum atomic E-state index is -0.530. The van der Waals surface area contributed by atoms with Crippen LogP contribution in [-0.4, -0.2) is 5.97 Å². The first-order valence-corrected chi connectivity index (χ1v) is 9.49. The standard InChI is InChI=1S/C23H14Cl2O4/c1-13-21(14-2-6-16(24)7-3-14)22(26)19-11-10-18(12-20(19)28-13)29-23(27)15-4-8-17(25)9-5-15/h2-12H,1H3. The number of carbonyl (C=O) groups excluding carboxylic acids is 1. The molecule has 0 amide bonds. The predicted octanol–water partition coefficient (Wildman–Crippen LogP) is 6.29. The number of ether oxygens (including phenoxy) is 1. The van der Waals surface area contributed by atoms with E-state index in [0.29, 0.717) is 37.9 Å². The van der Waals surface area contributed by atoms with E-state index in [4.69, 9.17) is 32.4 Å². The predicted molar refractivity (Wildman–Crippen MR) is 114 cm³/mol. The van der Waals surface area contributed by atoms with Crippen LogP contribution in [-0.2, 0) is 0 Å². The first-order chi connectivity index (χ1) is 13.9. The monoisotopic (exact) mass is 424 g/mol. The molecule has 0 N–H and O–H groups in total. The van der Waals surface area contributed by atoms with Gasteiger partial charge in [0.1, 0.15) is 17.1 Å². The molecular formula is C23H14Cl2O4. The molecule has 4 rings (SSSR count). The number of hydrogen-bond acceptors (Lipinski definition) is 4. The Balaban J connectivity index is 1.71. The molecule has 0 saturated heterocycles. The quantitative estimate of drug-likeness (QED) is 0.286. The van der Waals surface area contributed by atoms with Gasteiger partial charge in [0, 0.05) is 16.1 Å². The van der Waals surface area contributed by atoms with E-state index in [2.05, 4.69) is 0 Å². The fraction of sp³-hybridized carbons (Fsp3) is 0.0435. The molecule has 29 heavy (non-hydrogen) atoms. The summed E-state index contributed by atoms with van der Waals surface area (Å²) in [4.78, 5) is 25.3. The molecule has 1 aromatic heterocycles. The summed E-state index contributed by atoms with van der Waals surface area (Å²) in [5.41, 5.74) is 1.74. The number of aryl methyl sites for hydroxylation is 1. The van der Waals surface area contributed by atoms with Gasteiger partial charge in [-0.15, -0.1) is 0 Å². The van der Waals surface area contributed by atoms with Gasteiger partial charge >= 0.3 is 5.97 Å². The summed E-state index contributed by atoms with van der Waals surface area (Å²) in [5, 5.41) is 1.51. The van der Waals surface area contributed by atoms with Crippen molar-refractivity contribution in [2.24, 2.45) is 0 Å². The molecule has 0 atom stereocenters. The second kappa shape index (κ2) is 7.74. The lowest BCUT2D eigenvalue weighted by Crippen LogP contribution is -2.10. The van der Waals surface area contributed by atoms with Gasteiger partial charge in [-0.1, -0.05) is 35.3 Å². The fourth-order valence-electron chi connectivity index (χ4n) is 3.05. The van der Waals surface area contributed by atoms with Crippen LogP contribution in [0.4, 0.5) is 0 Å². The summed E-state index contributed by atoms with van der Waals surface area (Å²) < 4.78 is 11.3. The van der Waals surface area contributed by atoms with Crippen molar-refractivity contribution in [2.75, 3.05) is 0 Å². The SMILES string of the molecule is Cc1oc2cc(OC(=O)c3ccc(Cl)cc3)ccc2c(=O)c1-c1ccc(Cl)cc1. The Hall–Kier alpha value is -3.08. The van der Waals surface area contributed by atoms with Crippen molar-refractivity contribution in [1.29, 1.82) is 0 Å². The van der Waals surface area contributed by atoms with Crippen LogP contribution in [0.15, 0.2) is 75.9 Å². The number of hydrogen-bond donors (Lipinski definition) is 0. The van der Waals surface area contributed by atoms with Gasteiger partial charge in [0.15, 0.2) is 0 Å². The molecule has 0 bridgehead atoms. The van der Waals surface area contributed by atoms with Gasteiger partial charge in [-0.2, -0.15) is 0 Å². The van der Waals surface area contributed by atoms with Crippen molar-refractivity contribution in [1.82, 2.24) is 0 Å². The molecule has 0 aliphatic rings. The number of fused-ring (bicyclic) bond motifs is 1. The Labute approximate surface area is 176 Å². The first kappa shape index (κ1) is 19.2. The molecule has 0 aliphatic heterocycles. The Morgan fingerprint density at radius 1 is 0.897 bits per heavy atom. The highest BCUT2D eigenvalue weighted by Crippen LogP contribution is 2.27. The van der Waals surface area contributed by atoms with Gasteiger partial charge < -0.3 is 9.15 Å². The van der Waals surface area contributed by atoms with E-state index in [1.54, 1.807) is 67.6 Å². The van der Waals surface area contributed by atoms with Crippen LogP contribution in [0.5, 0.6) is 5.75 Å². The molecule has 0 saturated carbocycles. The minimum Gasteiger partial charge on any atom is -0.460 e. The van der Waals surface area contributed by atoms with Gasteiger partial charge in [-0.25, -0.2) is 4.79 Å². The van der Waals surface area contributed by atoms with Crippen LogP contribution in [0.1, 0.15) is 16.1 Å². The maximum absolute atomic E-state index is 13.0. The summed E-state index contributed by atoms with van der Waals surface area (Å²) in [5.74, 6) is 0.211. The Morgan fingerprint density at radius 2 is 1.52 bits per heavy atom. The summed E-state index contributed by atoms with van der Waals surface area (Å²) in [7, 11) is 0. The second-order valence-corrected chi connectivity index (χ2v) is 7.30. The minimum absolute atomic E-state index is 0.165. The topological polar surface area (TPSA) is 56.5 Å². The van der Waals surface area contributed by atoms with E-state index < -0.39 is 5.97 Å². The van der Waals surface area contributed by atoms with Crippen LogP contribution in [0.25, 0.3) is 22.1 Å². The largest absolute Gasteiger partial charge is 0.460 e. The van der Waals surface area contributed by atoms with Gasteiger partial charge in [-0.3, -0.25) is 4.79 Å². The number of carbonyl (C=O) groups is 1. The van der Waals surface area contributed by atoms with Crippen LogP contribution in [0, 0.1) is 6.92 Å². The second-order valence-electron chi connectivity index (χ2n) is 6.42. The molecule has 6 heteroatoms. The normalized spacial score (nSPS) is 10.9. The van der Waals surface area contributed by atoms with E-state index in [-0.39, 0.29) is 11.2 Å². The van der Waals surface area contributed by atoms with Gasteiger partial charge in [0.05, 0.1) is 16.5 Å². The van der Waals surface area contributed by atoms with Gasteiger partial charge in [-0.05, 0) is 61.0 Å². The molecule has 1 heterocycles. The smallest absolute Gasteiger partial charge is 0.343 e. The average Bonchev–Trinajstić information content (AvgIpc) is 2.69. The number of rotatable bonds is 3. The lowest BCUT2D eigenvalue weighted by Gasteiger charge is -2.09. The lowest BCUT2D eigenvalue weighted by atomic mass is 10.0. The molecule has 4 nitrogen and oxygen atoms in total. The van der Waals surface area contributed by atoms with Gasteiger partial charge in [0.25, 0.3) is 0 Å². The number of benzene rings is 3. The molecule has 4 aromatic rings. The number of halogens is 2. The molecule has 0 aliphatic carbocycles. The Bertz CT molecular complexity index is 1270. The van der Waals surface area contributed by atoms with Crippen LogP contribution in [0.2, 0.25) is 10.0 Å². The van der Waals surface area contributed by atoms with E-state index >= 15 is 0 Å². The van der Waals surface area contributed by atoms with Crippen LogP contribution >= 0.6 is 23.2 Å². The first-order valence-electron chi connectivity index (χ1n) is 8.73. The zero-order valence-corrected chi connectivity index (χ0v) is 16.8. The zero-order valence-electron chi connectivity index (χ0n) is 15.2. The van der Waals surface area contributed by atoms with Crippen molar-refractivity contribution in [3.8, 4) is 16.9 Å². The highest BCUT2D eigenvalue weighted by molar-refractivity contribution is 6.31. The summed E-state index contributed by atoms with van der Waals surface area (Å²) >= 11 is 11.8. The molecule has 0 radical (unpaired) electrons. The Morgan fingerprint density at radius 3 is 2.17 bits per heavy atom. The summed E-state index contributed by atoms with van der Waals surface area (Å²) in [6.07, 6.45) is 0. The molecule has 3 aromatic carbocycles. The third-order valence-electron chi connectivity index (χ3n) is 4.46. The third kappa shape index (κ3) is 3.90. The van der Waals surface area contributed by atoms with E-state index in [1.807, 2.05) is 0 Å². The third-order valence-corrected chi connectivity index (χ3v) is 4.97. The Kier molecular flexibility index (Phi) is 5.14. The molecule has 0 fully saturated rings. The molecule has 0 unspecified atom stereocenters. The van der Waals surface area contributed by atoms with Crippen molar-refractivity contribution >= 4 is 40.1 Å². The van der Waals surface area contributed by atoms with E-state index in [1.165, 1.54) is 6.07 Å².